The van der Waals surface area contributed by atoms with Gasteiger partial charge in [-0.3, -0.25) is 19.6 Å². The summed E-state index contributed by atoms with van der Waals surface area (Å²) in [5, 5.41) is 18.5. The molecule has 2 rings (SSSR count). The molecule has 9 nitrogen and oxygen atoms in total. The van der Waals surface area contributed by atoms with E-state index < -0.39 is 4.92 Å². The third-order valence-corrected chi connectivity index (χ3v) is 2.66. The molecule has 2 aromatic rings. The van der Waals surface area contributed by atoms with E-state index in [-0.39, 0.29) is 29.4 Å². The first-order valence-corrected chi connectivity index (χ1v) is 5.84. The molecule has 1 aromatic heterocycles. The second-order valence-electron chi connectivity index (χ2n) is 4.11. The molecule has 9 heteroatoms. The van der Waals surface area contributed by atoms with Crippen molar-refractivity contribution in [2.75, 3.05) is 7.11 Å². The predicted octanol–water partition coefficient (Wildman–Crippen LogP) is 1.12. The maximum absolute atomic E-state index is 10.9. The van der Waals surface area contributed by atoms with Crippen molar-refractivity contribution in [3.05, 3.63) is 39.7 Å². The fraction of sp³-hybridized carbons (Fsp3) is 0.250. The Kier molecular flexibility index (Phi) is 4.12. The van der Waals surface area contributed by atoms with Gasteiger partial charge in [0.15, 0.2) is 17.8 Å². The van der Waals surface area contributed by atoms with Crippen LogP contribution in [0.4, 0.5) is 5.69 Å². The van der Waals surface area contributed by atoms with E-state index in [1.165, 1.54) is 17.9 Å². The molecule has 0 N–H and O–H groups in total. The summed E-state index contributed by atoms with van der Waals surface area (Å²) >= 11 is 0. The average molecular weight is 292 g/mol. The van der Waals surface area contributed by atoms with Crippen LogP contribution in [0, 0.1) is 10.1 Å². The van der Waals surface area contributed by atoms with Crippen LogP contribution in [0.25, 0.3) is 0 Å². The number of aldehydes is 1. The zero-order valence-electron chi connectivity index (χ0n) is 11.3. The van der Waals surface area contributed by atoms with Crippen LogP contribution in [-0.4, -0.2) is 33.3 Å². The van der Waals surface area contributed by atoms with Crippen LogP contribution in [0.15, 0.2) is 18.3 Å². The molecule has 0 aliphatic carbocycles. The molecular weight excluding hydrogens is 280 g/mol. The number of nitro groups is 1. The largest absolute Gasteiger partial charge is 0.493 e. The van der Waals surface area contributed by atoms with Crippen LogP contribution in [0.5, 0.6) is 11.5 Å². The average Bonchev–Trinajstić information content (AvgIpc) is 2.89. The van der Waals surface area contributed by atoms with Gasteiger partial charge in [-0.1, -0.05) is 5.21 Å². The smallest absolute Gasteiger partial charge is 0.283 e. The SMILES string of the molecule is COc1cc(C=O)c([N+](=O)[O-])cc1OCc1cn(C)nn1. The van der Waals surface area contributed by atoms with Gasteiger partial charge in [0.2, 0.25) is 0 Å². The highest BCUT2D eigenvalue weighted by atomic mass is 16.6. The minimum absolute atomic E-state index is 0.0712. The number of rotatable bonds is 6. The van der Waals surface area contributed by atoms with Gasteiger partial charge in [-0.25, -0.2) is 0 Å². The van der Waals surface area contributed by atoms with Crippen molar-refractivity contribution in [1.82, 2.24) is 15.0 Å². The van der Waals surface area contributed by atoms with Gasteiger partial charge in [0, 0.05) is 13.1 Å². The molecule has 0 amide bonds. The Morgan fingerprint density at radius 1 is 1.43 bits per heavy atom. The van der Waals surface area contributed by atoms with Crippen LogP contribution >= 0.6 is 0 Å². The van der Waals surface area contributed by atoms with Crippen molar-refractivity contribution in [1.29, 1.82) is 0 Å². The monoisotopic (exact) mass is 292 g/mol. The molecule has 110 valence electrons. The van der Waals surface area contributed by atoms with E-state index in [4.69, 9.17) is 9.47 Å². The molecule has 0 saturated heterocycles. The molecule has 21 heavy (non-hydrogen) atoms. The molecule has 0 radical (unpaired) electrons. The molecule has 0 atom stereocenters. The van der Waals surface area contributed by atoms with Crippen molar-refractivity contribution < 1.29 is 19.2 Å². The van der Waals surface area contributed by atoms with Crippen LogP contribution in [0.3, 0.4) is 0 Å². The van der Waals surface area contributed by atoms with Crippen molar-refractivity contribution in [3.63, 3.8) is 0 Å². The molecular formula is C12H12N4O5. The maximum Gasteiger partial charge on any atom is 0.283 e. The van der Waals surface area contributed by atoms with Crippen LogP contribution in [0.1, 0.15) is 16.1 Å². The normalized spacial score (nSPS) is 10.2. The van der Waals surface area contributed by atoms with E-state index >= 15 is 0 Å². The summed E-state index contributed by atoms with van der Waals surface area (Å²) in [7, 11) is 3.09. The van der Waals surface area contributed by atoms with Gasteiger partial charge in [-0.15, -0.1) is 5.10 Å². The fourth-order valence-corrected chi connectivity index (χ4v) is 1.70. The molecule has 0 aliphatic rings. The molecule has 0 spiro atoms. The van der Waals surface area contributed by atoms with Crippen molar-refractivity contribution in [2.45, 2.75) is 6.61 Å². The van der Waals surface area contributed by atoms with E-state index in [9.17, 15) is 14.9 Å². The van der Waals surface area contributed by atoms with Crippen molar-refractivity contribution in [2.24, 2.45) is 7.05 Å². The fourth-order valence-electron chi connectivity index (χ4n) is 1.70. The number of hydrogen-bond acceptors (Lipinski definition) is 7. The first kappa shape index (κ1) is 14.4. The Hall–Kier alpha value is -2.97. The molecule has 0 bridgehead atoms. The minimum atomic E-state index is -0.654. The van der Waals surface area contributed by atoms with Gasteiger partial charge in [-0.05, 0) is 0 Å². The van der Waals surface area contributed by atoms with Crippen LogP contribution in [-0.2, 0) is 13.7 Å². The number of nitrogens with zero attached hydrogens (tertiary/aromatic N) is 4. The predicted molar refractivity (Wildman–Crippen MR) is 70.4 cm³/mol. The second kappa shape index (κ2) is 5.99. The number of hydrogen-bond donors (Lipinski definition) is 0. The number of methoxy groups -OCH3 is 1. The Bertz CT molecular complexity index is 682. The number of carbonyl (C=O) groups excluding carboxylic acids is 1. The Balaban J connectivity index is 2.30. The first-order chi connectivity index (χ1) is 10.0. The summed E-state index contributed by atoms with van der Waals surface area (Å²) in [6.45, 7) is 0.0712. The van der Waals surface area contributed by atoms with E-state index in [2.05, 4.69) is 10.3 Å². The van der Waals surface area contributed by atoms with Gasteiger partial charge in [0.05, 0.1) is 29.9 Å². The minimum Gasteiger partial charge on any atom is -0.493 e. The Morgan fingerprint density at radius 2 is 2.19 bits per heavy atom. The van der Waals surface area contributed by atoms with Gasteiger partial charge in [-0.2, -0.15) is 0 Å². The molecule has 0 fully saturated rings. The summed E-state index contributed by atoms with van der Waals surface area (Å²) in [5.74, 6) is 0.382. The Morgan fingerprint density at radius 3 is 2.71 bits per heavy atom. The zero-order chi connectivity index (χ0) is 15.4. The molecule has 1 heterocycles. The molecule has 0 unspecified atom stereocenters. The van der Waals surface area contributed by atoms with E-state index in [1.807, 2.05) is 0 Å². The third-order valence-electron chi connectivity index (χ3n) is 2.66. The second-order valence-corrected chi connectivity index (χ2v) is 4.11. The van der Waals surface area contributed by atoms with Crippen molar-refractivity contribution >= 4 is 12.0 Å². The van der Waals surface area contributed by atoms with E-state index in [0.29, 0.717) is 12.0 Å². The summed E-state index contributed by atoms with van der Waals surface area (Å²) < 4.78 is 12.0. The lowest BCUT2D eigenvalue weighted by atomic mass is 10.1. The highest BCUT2D eigenvalue weighted by Crippen LogP contribution is 2.34. The number of nitro benzene ring substituents is 1. The number of aryl methyl sites for hydroxylation is 1. The quantitative estimate of drug-likeness (QED) is 0.445. The van der Waals surface area contributed by atoms with Gasteiger partial charge in [0.1, 0.15) is 12.3 Å². The summed E-state index contributed by atoms with van der Waals surface area (Å²) in [6, 6.07) is 2.41. The number of benzene rings is 1. The van der Waals surface area contributed by atoms with Gasteiger partial charge in [0.25, 0.3) is 5.69 Å². The lowest BCUT2D eigenvalue weighted by Gasteiger charge is -2.10. The molecule has 0 aliphatic heterocycles. The van der Waals surface area contributed by atoms with E-state index in [1.54, 1.807) is 13.2 Å². The first-order valence-electron chi connectivity index (χ1n) is 5.84. The molecule has 0 saturated carbocycles. The zero-order valence-corrected chi connectivity index (χ0v) is 11.3. The summed E-state index contributed by atoms with van der Waals surface area (Å²) in [6.07, 6.45) is 2.05. The molecule has 1 aromatic carbocycles. The summed E-state index contributed by atoms with van der Waals surface area (Å²) in [5.41, 5.74) is 0.130. The van der Waals surface area contributed by atoms with Gasteiger partial charge >= 0.3 is 0 Å². The topological polar surface area (TPSA) is 109 Å². The highest BCUT2D eigenvalue weighted by Gasteiger charge is 2.19. The Labute approximate surface area is 119 Å². The maximum atomic E-state index is 10.9. The van der Waals surface area contributed by atoms with Crippen molar-refractivity contribution in [3.8, 4) is 11.5 Å². The van der Waals surface area contributed by atoms with Gasteiger partial charge < -0.3 is 9.47 Å². The lowest BCUT2D eigenvalue weighted by molar-refractivity contribution is -0.385. The standard InChI is InChI=1S/C12H12N4O5/c1-15-5-9(13-14-15)7-21-12-4-10(16(18)19)8(6-17)3-11(12)20-2/h3-6H,7H2,1-2H3. The number of carbonyl (C=O) groups is 1. The number of ether oxygens (including phenoxy) is 2. The van der Waals surface area contributed by atoms with Crippen LogP contribution in [0.2, 0.25) is 0 Å². The third kappa shape index (κ3) is 3.14. The number of aromatic nitrogens is 3. The highest BCUT2D eigenvalue weighted by molar-refractivity contribution is 5.83. The lowest BCUT2D eigenvalue weighted by Crippen LogP contribution is -2.01. The van der Waals surface area contributed by atoms with Crippen LogP contribution < -0.4 is 9.47 Å². The van der Waals surface area contributed by atoms with E-state index in [0.717, 1.165) is 6.07 Å². The summed E-state index contributed by atoms with van der Waals surface area (Å²) in [4.78, 5) is 21.2.